The molecule has 0 spiro atoms. The third kappa shape index (κ3) is 1.74. The molecule has 78 valence electrons. The summed E-state index contributed by atoms with van der Waals surface area (Å²) in [5.41, 5.74) is 2.33. The van der Waals surface area contributed by atoms with Crippen molar-refractivity contribution in [2.24, 2.45) is 7.05 Å². The fraction of sp³-hybridized carbons (Fsp3) is 0.250. The molecule has 0 saturated carbocycles. The minimum Gasteiger partial charge on any atom is -0.245 e. The third-order valence-electron chi connectivity index (χ3n) is 2.03. The van der Waals surface area contributed by atoms with Crippen molar-refractivity contribution < 1.29 is 0 Å². The SMILES string of the molecule is Cc1c(Cl)ncnc1-c1c(Br)nnn1C. The molecule has 0 aliphatic heterocycles. The Kier molecular flexibility index (Phi) is 2.70. The van der Waals surface area contributed by atoms with Gasteiger partial charge in [-0.25, -0.2) is 14.6 Å². The van der Waals surface area contributed by atoms with E-state index in [2.05, 4.69) is 36.2 Å². The molecule has 0 bridgehead atoms. The zero-order chi connectivity index (χ0) is 11.0. The summed E-state index contributed by atoms with van der Waals surface area (Å²) in [6.45, 7) is 1.86. The maximum Gasteiger partial charge on any atom is 0.157 e. The zero-order valence-corrected chi connectivity index (χ0v) is 10.4. The van der Waals surface area contributed by atoms with E-state index in [-0.39, 0.29) is 0 Å². The lowest BCUT2D eigenvalue weighted by molar-refractivity contribution is 0.718. The molecule has 0 aliphatic rings. The Morgan fingerprint density at radius 1 is 1.40 bits per heavy atom. The number of hydrogen-bond donors (Lipinski definition) is 0. The van der Waals surface area contributed by atoms with Gasteiger partial charge in [0.05, 0.1) is 5.69 Å². The summed E-state index contributed by atoms with van der Waals surface area (Å²) >= 11 is 9.23. The summed E-state index contributed by atoms with van der Waals surface area (Å²) in [5, 5.41) is 8.21. The highest BCUT2D eigenvalue weighted by atomic mass is 79.9. The van der Waals surface area contributed by atoms with Crippen LogP contribution in [-0.2, 0) is 7.05 Å². The average Bonchev–Trinajstić information content (AvgIpc) is 2.52. The normalized spacial score (nSPS) is 10.7. The second kappa shape index (κ2) is 3.86. The van der Waals surface area contributed by atoms with Gasteiger partial charge in [0.25, 0.3) is 0 Å². The van der Waals surface area contributed by atoms with Crippen molar-refractivity contribution >= 4 is 27.5 Å². The average molecular weight is 289 g/mol. The van der Waals surface area contributed by atoms with Gasteiger partial charge >= 0.3 is 0 Å². The van der Waals surface area contributed by atoms with Gasteiger partial charge in [0.1, 0.15) is 17.2 Å². The Balaban J connectivity index is 2.69. The molecule has 0 atom stereocenters. The number of aromatic nitrogens is 5. The van der Waals surface area contributed by atoms with Gasteiger partial charge in [-0.3, -0.25) is 0 Å². The molecule has 0 aromatic carbocycles. The van der Waals surface area contributed by atoms with E-state index in [1.165, 1.54) is 6.33 Å². The second-order valence-corrected chi connectivity index (χ2v) is 4.10. The summed E-state index contributed by atoms with van der Waals surface area (Å²) < 4.78 is 2.28. The molecule has 0 amide bonds. The first-order valence-electron chi connectivity index (χ1n) is 4.14. The van der Waals surface area contributed by atoms with Crippen LogP contribution in [0.5, 0.6) is 0 Å². The monoisotopic (exact) mass is 287 g/mol. The van der Waals surface area contributed by atoms with Crippen LogP contribution in [0.15, 0.2) is 10.9 Å². The van der Waals surface area contributed by atoms with Crippen LogP contribution >= 0.6 is 27.5 Å². The van der Waals surface area contributed by atoms with Crippen LogP contribution in [-0.4, -0.2) is 25.0 Å². The lowest BCUT2D eigenvalue weighted by Gasteiger charge is -2.05. The smallest absolute Gasteiger partial charge is 0.157 e. The van der Waals surface area contributed by atoms with Gasteiger partial charge in [-0.2, -0.15) is 0 Å². The van der Waals surface area contributed by atoms with E-state index in [1.54, 1.807) is 11.7 Å². The highest BCUT2D eigenvalue weighted by Gasteiger charge is 2.15. The molecule has 0 radical (unpaired) electrons. The van der Waals surface area contributed by atoms with Crippen LogP contribution in [0.2, 0.25) is 5.15 Å². The second-order valence-electron chi connectivity index (χ2n) is 2.99. The summed E-state index contributed by atoms with van der Waals surface area (Å²) in [4.78, 5) is 8.07. The van der Waals surface area contributed by atoms with E-state index >= 15 is 0 Å². The molecule has 15 heavy (non-hydrogen) atoms. The fourth-order valence-corrected chi connectivity index (χ4v) is 1.90. The number of hydrogen-bond acceptors (Lipinski definition) is 4. The van der Waals surface area contributed by atoms with E-state index in [9.17, 15) is 0 Å². The van der Waals surface area contributed by atoms with Gasteiger partial charge in [0.2, 0.25) is 0 Å². The molecule has 0 N–H and O–H groups in total. The molecular formula is C8H7BrClN5. The van der Waals surface area contributed by atoms with Crippen LogP contribution < -0.4 is 0 Å². The fourth-order valence-electron chi connectivity index (χ4n) is 1.25. The molecule has 5 nitrogen and oxygen atoms in total. The summed E-state index contributed by atoms with van der Waals surface area (Å²) in [6.07, 6.45) is 1.42. The van der Waals surface area contributed by atoms with Crippen molar-refractivity contribution in [3.63, 3.8) is 0 Å². The predicted molar refractivity (Wildman–Crippen MR) is 59.5 cm³/mol. The van der Waals surface area contributed by atoms with E-state index in [0.29, 0.717) is 9.76 Å². The molecule has 0 saturated heterocycles. The molecule has 2 heterocycles. The molecule has 2 rings (SSSR count). The number of rotatable bonds is 1. The molecule has 2 aromatic heterocycles. The van der Waals surface area contributed by atoms with E-state index in [4.69, 9.17) is 11.6 Å². The van der Waals surface area contributed by atoms with Crippen LogP contribution in [0.3, 0.4) is 0 Å². The minimum absolute atomic E-state index is 0.438. The lowest BCUT2D eigenvalue weighted by Crippen LogP contribution is -1.99. The van der Waals surface area contributed by atoms with Crippen LogP contribution in [0.4, 0.5) is 0 Å². The van der Waals surface area contributed by atoms with E-state index in [1.807, 2.05) is 6.92 Å². The molecule has 0 aliphatic carbocycles. The van der Waals surface area contributed by atoms with Crippen molar-refractivity contribution in [1.29, 1.82) is 0 Å². The van der Waals surface area contributed by atoms with Crippen molar-refractivity contribution in [3.05, 3.63) is 21.6 Å². The number of aryl methyl sites for hydroxylation is 1. The van der Waals surface area contributed by atoms with Crippen LogP contribution in [0.25, 0.3) is 11.4 Å². The van der Waals surface area contributed by atoms with Gasteiger partial charge in [0, 0.05) is 12.6 Å². The lowest BCUT2D eigenvalue weighted by atomic mass is 10.2. The number of halogens is 2. The Morgan fingerprint density at radius 3 is 2.73 bits per heavy atom. The van der Waals surface area contributed by atoms with E-state index in [0.717, 1.165) is 17.0 Å². The highest BCUT2D eigenvalue weighted by Crippen LogP contribution is 2.28. The maximum atomic E-state index is 5.92. The highest BCUT2D eigenvalue weighted by molar-refractivity contribution is 9.10. The zero-order valence-electron chi connectivity index (χ0n) is 8.07. The first kappa shape index (κ1) is 10.5. The van der Waals surface area contributed by atoms with Crippen molar-refractivity contribution in [2.75, 3.05) is 0 Å². The van der Waals surface area contributed by atoms with Gasteiger partial charge in [-0.15, -0.1) is 5.10 Å². The summed E-state index contributed by atoms with van der Waals surface area (Å²) in [5.74, 6) is 0. The van der Waals surface area contributed by atoms with Gasteiger partial charge < -0.3 is 0 Å². The first-order chi connectivity index (χ1) is 7.11. The summed E-state index contributed by atoms with van der Waals surface area (Å²) in [6, 6.07) is 0. The molecule has 0 unspecified atom stereocenters. The largest absolute Gasteiger partial charge is 0.245 e. The maximum absolute atomic E-state index is 5.92. The van der Waals surface area contributed by atoms with Crippen LogP contribution in [0.1, 0.15) is 5.56 Å². The molecule has 7 heteroatoms. The Hall–Kier alpha value is -1.01. The van der Waals surface area contributed by atoms with Gasteiger partial charge in [-0.05, 0) is 22.9 Å². The summed E-state index contributed by atoms with van der Waals surface area (Å²) in [7, 11) is 1.79. The molecular weight excluding hydrogens is 281 g/mol. The first-order valence-corrected chi connectivity index (χ1v) is 5.31. The van der Waals surface area contributed by atoms with Crippen molar-refractivity contribution in [3.8, 4) is 11.4 Å². The Morgan fingerprint density at radius 2 is 2.13 bits per heavy atom. The number of nitrogens with zero attached hydrogens (tertiary/aromatic N) is 5. The Bertz CT molecular complexity index is 490. The minimum atomic E-state index is 0.438. The standard InChI is InChI=1S/C8H7BrClN5/c1-4-5(11-3-12-8(4)10)6-7(9)13-14-15(6)2/h3H,1-2H3. The van der Waals surface area contributed by atoms with Crippen LogP contribution in [0, 0.1) is 6.92 Å². The van der Waals surface area contributed by atoms with Gasteiger partial charge in [0.15, 0.2) is 4.60 Å². The van der Waals surface area contributed by atoms with Crippen molar-refractivity contribution in [1.82, 2.24) is 25.0 Å². The Labute approximate surface area is 99.6 Å². The van der Waals surface area contributed by atoms with Crippen molar-refractivity contribution in [2.45, 2.75) is 6.92 Å². The quantitative estimate of drug-likeness (QED) is 0.753. The third-order valence-corrected chi connectivity index (χ3v) is 2.95. The van der Waals surface area contributed by atoms with E-state index < -0.39 is 0 Å². The molecule has 0 fully saturated rings. The molecule has 2 aromatic rings. The topological polar surface area (TPSA) is 56.5 Å². The predicted octanol–water partition coefficient (Wildman–Crippen LogP) is 2.00. The van der Waals surface area contributed by atoms with Gasteiger partial charge in [-0.1, -0.05) is 16.8 Å².